The molecular formula is C14H21ClFNO. The fourth-order valence-electron chi connectivity index (χ4n) is 2.06. The third-order valence-corrected chi connectivity index (χ3v) is 3.80. The first-order chi connectivity index (χ1) is 8.48. The average Bonchev–Trinajstić information content (AvgIpc) is 2.38. The first-order valence-electron chi connectivity index (χ1n) is 6.22. The Labute approximate surface area is 113 Å². The smallest absolute Gasteiger partial charge is 0.123 e. The van der Waals surface area contributed by atoms with Gasteiger partial charge in [0.25, 0.3) is 0 Å². The zero-order chi connectivity index (χ0) is 13.8. The summed E-state index contributed by atoms with van der Waals surface area (Å²) in [5.41, 5.74) is 0.317. The zero-order valence-electron chi connectivity index (χ0n) is 11.4. The van der Waals surface area contributed by atoms with E-state index in [1.807, 2.05) is 20.8 Å². The highest BCUT2D eigenvalue weighted by Crippen LogP contribution is 2.35. The molecule has 0 amide bonds. The number of benzene rings is 1. The average molecular weight is 274 g/mol. The van der Waals surface area contributed by atoms with Gasteiger partial charge in [0.15, 0.2) is 0 Å². The quantitative estimate of drug-likeness (QED) is 0.847. The second kappa shape index (κ2) is 6.50. The Balaban J connectivity index is 3.22. The number of rotatable bonds is 6. The minimum absolute atomic E-state index is 0.138. The fourth-order valence-corrected chi connectivity index (χ4v) is 2.29. The predicted molar refractivity (Wildman–Crippen MR) is 73.5 cm³/mol. The van der Waals surface area contributed by atoms with Crippen LogP contribution < -0.4 is 5.32 Å². The number of hydrogen-bond acceptors (Lipinski definition) is 2. The molecule has 102 valence electrons. The third-order valence-electron chi connectivity index (χ3n) is 3.46. The van der Waals surface area contributed by atoms with Gasteiger partial charge in [-0.3, -0.25) is 0 Å². The van der Waals surface area contributed by atoms with Crippen LogP contribution >= 0.6 is 11.6 Å². The van der Waals surface area contributed by atoms with Gasteiger partial charge in [0.05, 0.1) is 11.6 Å². The molecule has 4 heteroatoms. The van der Waals surface area contributed by atoms with E-state index in [1.54, 1.807) is 13.2 Å². The van der Waals surface area contributed by atoms with E-state index in [4.69, 9.17) is 16.3 Å². The van der Waals surface area contributed by atoms with E-state index < -0.39 is 5.60 Å². The number of hydrogen-bond donors (Lipinski definition) is 1. The maximum Gasteiger partial charge on any atom is 0.123 e. The molecule has 1 rings (SSSR count). The molecule has 1 aromatic rings. The molecule has 0 aliphatic carbocycles. The SMILES string of the molecule is CCNC(c1cc(F)ccc1Cl)C(C)(CC)OC. The Kier molecular flexibility index (Phi) is 5.57. The monoisotopic (exact) mass is 273 g/mol. The molecule has 0 aliphatic rings. The van der Waals surface area contributed by atoms with Crippen LogP contribution in [0.15, 0.2) is 18.2 Å². The Morgan fingerprint density at radius 2 is 2.11 bits per heavy atom. The molecule has 0 aromatic heterocycles. The van der Waals surface area contributed by atoms with Gasteiger partial charge in [-0.2, -0.15) is 0 Å². The summed E-state index contributed by atoms with van der Waals surface area (Å²) in [7, 11) is 1.67. The lowest BCUT2D eigenvalue weighted by Crippen LogP contribution is -2.43. The largest absolute Gasteiger partial charge is 0.377 e. The molecule has 0 saturated heterocycles. The van der Waals surface area contributed by atoms with Crippen molar-refractivity contribution >= 4 is 11.6 Å². The van der Waals surface area contributed by atoms with Crippen LogP contribution in [0, 0.1) is 5.82 Å². The van der Waals surface area contributed by atoms with Crippen LogP contribution in [0.5, 0.6) is 0 Å². The first kappa shape index (κ1) is 15.4. The summed E-state index contributed by atoms with van der Waals surface area (Å²) in [6.07, 6.45) is 0.800. The van der Waals surface area contributed by atoms with Gasteiger partial charge >= 0.3 is 0 Å². The first-order valence-corrected chi connectivity index (χ1v) is 6.59. The van der Waals surface area contributed by atoms with Crippen molar-refractivity contribution in [2.24, 2.45) is 0 Å². The van der Waals surface area contributed by atoms with Gasteiger partial charge in [0.2, 0.25) is 0 Å². The lowest BCUT2D eigenvalue weighted by molar-refractivity contribution is -0.0296. The van der Waals surface area contributed by atoms with E-state index in [-0.39, 0.29) is 11.9 Å². The lowest BCUT2D eigenvalue weighted by Gasteiger charge is -2.37. The molecule has 1 aromatic carbocycles. The zero-order valence-corrected chi connectivity index (χ0v) is 12.1. The number of likely N-dealkylation sites (N-methyl/N-ethyl adjacent to an activating group) is 1. The number of methoxy groups -OCH3 is 1. The second-order valence-electron chi connectivity index (χ2n) is 4.53. The molecule has 18 heavy (non-hydrogen) atoms. The number of halogens is 2. The van der Waals surface area contributed by atoms with Gasteiger partial charge in [-0.25, -0.2) is 4.39 Å². The van der Waals surface area contributed by atoms with Crippen molar-refractivity contribution in [3.63, 3.8) is 0 Å². The van der Waals surface area contributed by atoms with Crippen LogP contribution in [0.4, 0.5) is 4.39 Å². The fraction of sp³-hybridized carbons (Fsp3) is 0.571. The summed E-state index contributed by atoms with van der Waals surface area (Å²) in [4.78, 5) is 0. The van der Waals surface area contributed by atoms with E-state index >= 15 is 0 Å². The van der Waals surface area contributed by atoms with Gasteiger partial charge in [0.1, 0.15) is 5.82 Å². The topological polar surface area (TPSA) is 21.3 Å². The highest BCUT2D eigenvalue weighted by Gasteiger charge is 2.34. The maximum atomic E-state index is 13.4. The van der Waals surface area contributed by atoms with E-state index in [0.717, 1.165) is 18.5 Å². The minimum atomic E-state index is -0.423. The number of ether oxygens (including phenoxy) is 1. The molecule has 0 heterocycles. The van der Waals surface area contributed by atoms with Crippen molar-refractivity contribution in [3.8, 4) is 0 Å². The van der Waals surface area contributed by atoms with Gasteiger partial charge in [-0.15, -0.1) is 0 Å². The predicted octanol–water partition coefficient (Wildman–Crippen LogP) is 3.94. The molecule has 2 nitrogen and oxygen atoms in total. The standard InChI is InChI=1S/C14H21ClFNO/c1-5-14(3,18-4)13(17-6-2)11-9-10(16)7-8-12(11)15/h7-9,13,17H,5-6H2,1-4H3. The van der Waals surface area contributed by atoms with E-state index in [2.05, 4.69) is 5.32 Å². The molecule has 2 atom stereocenters. The van der Waals surface area contributed by atoms with Gasteiger partial charge < -0.3 is 10.1 Å². The van der Waals surface area contributed by atoms with Crippen molar-refractivity contribution in [2.45, 2.75) is 38.8 Å². The van der Waals surface area contributed by atoms with Crippen molar-refractivity contribution in [3.05, 3.63) is 34.6 Å². The van der Waals surface area contributed by atoms with Crippen molar-refractivity contribution in [1.82, 2.24) is 5.32 Å². The van der Waals surface area contributed by atoms with Crippen LogP contribution in [0.3, 0.4) is 0 Å². The van der Waals surface area contributed by atoms with Crippen molar-refractivity contribution in [2.75, 3.05) is 13.7 Å². The summed E-state index contributed by atoms with van der Waals surface area (Å²) in [6, 6.07) is 4.29. The molecule has 0 bridgehead atoms. The molecule has 2 unspecified atom stereocenters. The van der Waals surface area contributed by atoms with E-state index in [0.29, 0.717) is 5.02 Å². The molecule has 0 saturated carbocycles. The van der Waals surface area contributed by atoms with Crippen LogP contribution in [-0.2, 0) is 4.74 Å². The van der Waals surface area contributed by atoms with Crippen molar-refractivity contribution in [1.29, 1.82) is 0 Å². The highest BCUT2D eigenvalue weighted by molar-refractivity contribution is 6.31. The van der Waals surface area contributed by atoms with Crippen molar-refractivity contribution < 1.29 is 9.13 Å². The molecule has 1 N–H and O–H groups in total. The molecule has 0 fully saturated rings. The lowest BCUT2D eigenvalue weighted by atomic mass is 9.87. The third kappa shape index (κ3) is 3.22. The van der Waals surface area contributed by atoms with Gasteiger partial charge in [-0.05, 0) is 43.7 Å². The molecular weight excluding hydrogens is 253 g/mol. The van der Waals surface area contributed by atoms with E-state index in [9.17, 15) is 4.39 Å². The van der Waals surface area contributed by atoms with Crippen LogP contribution in [0.2, 0.25) is 5.02 Å². The minimum Gasteiger partial charge on any atom is -0.377 e. The maximum absolute atomic E-state index is 13.4. The Bertz CT molecular complexity index is 393. The Morgan fingerprint density at radius 3 is 2.61 bits per heavy atom. The van der Waals surface area contributed by atoms with Gasteiger partial charge in [-0.1, -0.05) is 25.4 Å². The number of nitrogens with one attached hydrogen (secondary N) is 1. The van der Waals surface area contributed by atoms with Crippen LogP contribution in [-0.4, -0.2) is 19.3 Å². The van der Waals surface area contributed by atoms with E-state index in [1.165, 1.54) is 12.1 Å². The van der Waals surface area contributed by atoms with Gasteiger partial charge in [0, 0.05) is 12.1 Å². The molecule has 0 aliphatic heterocycles. The Morgan fingerprint density at radius 1 is 1.44 bits per heavy atom. The molecule has 0 radical (unpaired) electrons. The summed E-state index contributed by atoms with van der Waals surface area (Å²) in [5, 5.41) is 3.89. The van der Waals surface area contributed by atoms with Crippen LogP contribution in [0.25, 0.3) is 0 Å². The highest BCUT2D eigenvalue weighted by atomic mass is 35.5. The summed E-state index contributed by atoms with van der Waals surface area (Å²) in [5.74, 6) is -0.285. The second-order valence-corrected chi connectivity index (χ2v) is 4.93. The summed E-state index contributed by atoms with van der Waals surface area (Å²) >= 11 is 6.18. The summed E-state index contributed by atoms with van der Waals surface area (Å²) < 4.78 is 19.0. The van der Waals surface area contributed by atoms with Crippen LogP contribution in [0.1, 0.15) is 38.8 Å². The normalized spacial score (nSPS) is 16.3. The summed E-state index contributed by atoms with van der Waals surface area (Å²) in [6.45, 7) is 6.81. The molecule has 0 spiro atoms. The Hall–Kier alpha value is -0.640.